The minimum absolute atomic E-state index is 0. The molecule has 0 rings (SSSR count). The van der Waals surface area contributed by atoms with E-state index in [-0.39, 0.29) is 106 Å². The molecule has 0 aliphatic rings. The summed E-state index contributed by atoms with van der Waals surface area (Å²) in [7, 11) is 0. The van der Waals surface area contributed by atoms with E-state index in [1.165, 1.54) is 0 Å². The molecule has 0 atom stereocenters. The molecular formula is C6H11Na3O6. The number of aliphatic carboxylic acids is 2. The Kier molecular flexibility index (Phi) is 26.0. The number of rotatable bonds is 5. The maximum atomic E-state index is 10.5. The molecule has 2 N–H and O–H groups in total. The summed E-state index contributed by atoms with van der Waals surface area (Å²) in [5.41, 5.74) is 0. The van der Waals surface area contributed by atoms with Crippen molar-refractivity contribution in [3.63, 3.8) is 0 Å². The molecule has 0 aliphatic carbocycles. The predicted octanol–water partition coefficient (Wildman–Crippen LogP) is -9.17. The molecular weight excluding hydrogens is 237 g/mol. The van der Waals surface area contributed by atoms with Crippen molar-refractivity contribution in [2.45, 2.75) is 12.8 Å². The van der Waals surface area contributed by atoms with Gasteiger partial charge in [-0.25, -0.2) is 4.79 Å². The standard InChI is InChI=1S/C6H8O6.3Na.3H/c7-4(8)1-2-6(11)12-3-5(9)10;;;;;;/h1-3H2,(H,7,8)(H,9,10);;;;;;/q;3*+1;3*-1. The van der Waals surface area contributed by atoms with Gasteiger partial charge in [0.1, 0.15) is 0 Å². The van der Waals surface area contributed by atoms with E-state index in [0.29, 0.717) is 0 Å². The van der Waals surface area contributed by atoms with Crippen LogP contribution >= 0.6 is 0 Å². The predicted molar refractivity (Wildman–Crippen MR) is 38.8 cm³/mol. The van der Waals surface area contributed by atoms with Crippen molar-refractivity contribution in [2.75, 3.05) is 6.61 Å². The van der Waals surface area contributed by atoms with Gasteiger partial charge in [-0.3, -0.25) is 9.59 Å². The van der Waals surface area contributed by atoms with Gasteiger partial charge in [-0.2, -0.15) is 0 Å². The van der Waals surface area contributed by atoms with Crippen molar-refractivity contribution in [1.82, 2.24) is 0 Å². The quantitative estimate of drug-likeness (QED) is 0.370. The van der Waals surface area contributed by atoms with E-state index in [0.717, 1.165) is 0 Å². The number of ether oxygens (including phenoxy) is 1. The van der Waals surface area contributed by atoms with Gasteiger partial charge >= 0.3 is 107 Å². The third-order valence-electron chi connectivity index (χ3n) is 0.900. The second kappa shape index (κ2) is 15.4. The fraction of sp³-hybridized carbons (Fsp3) is 0.500. The molecule has 0 saturated carbocycles. The molecule has 0 radical (unpaired) electrons. The van der Waals surface area contributed by atoms with Crippen LogP contribution in [-0.2, 0) is 19.1 Å². The van der Waals surface area contributed by atoms with Crippen molar-refractivity contribution < 1.29 is 122 Å². The van der Waals surface area contributed by atoms with Gasteiger partial charge in [0.05, 0.1) is 12.8 Å². The second-order valence-electron chi connectivity index (χ2n) is 1.95. The van der Waals surface area contributed by atoms with Gasteiger partial charge < -0.3 is 19.2 Å². The summed E-state index contributed by atoms with van der Waals surface area (Å²) in [6.45, 7) is -0.724. The number of hydrogen-bond donors (Lipinski definition) is 2. The summed E-state index contributed by atoms with van der Waals surface area (Å²) >= 11 is 0. The zero-order chi connectivity index (χ0) is 9.56. The van der Waals surface area contributed by atoms with E-state index in [4.69, 9.17) is 10.2 Å². The van der Waals surface area contributed by atoms with Crippen molar-refractivity contribution in [3.05, 3.63) is 0 Å². The summed E-state index contributed by atoms with van der Waals surface area (Å²) in [5, 5.41) is 16.2. The van der Waals surface area contributed by atoms with Gasteiger partial charge in [0, 0.05) is 0 Å². The second-order valence-corrected chi connectivity index (χ2v) is 1.95. The van der Waals surface area contributed by atoms with Crippen molar-refractivity contribution in [3.8, 4) is 0 Å². The minimum atomic E-state index is -1.27. The normalized spacial score (nSPS) is 7.20. The largest absolute Gasteiger partial charge is 1.00 e. The smallest absolute Gasteiger partial charge is 1.00 e. The first-order valence-electron chi connectivity index (χ1n) is 3.11. The van der Waals surface area contributed by atoms with Crippen LogP contribution in [0, 0.1) is 0 Å². The number of carbonyl (C=O) groups is 3. The van der Waals surface area contributed by atoms with Crippen LogP contribution in [0.5, 0.6) is 0 Å². The zero-order valence-corrected chi connectivity index (χ0v) is 15.1. The summed E-state index contributed by atoms with van der Waals surface area (Å²) < 4.78 is 4.15. The molecule has 0 unspecified atom stereocenters. The maximum absolute atomic E-state index is 10.5. The van der Waals surface area contributed by atoms with Gasteiger partial charge in [0.25, 0.3) is 0 Å². The third-order valence-corrected chi connectivity index (χ3v) is 0.900. The molecule has 9 heteroatoms. The number of hydrogen-bond acceptors (Lipinski definition) is 4. The first-order valence-corrected chi connectivity index (χ1v) is 3.11. The topological polar surface area (TPSA) is 101 Å². The Bertz CT molecular complexity index is 199. The molecule has 74 valence electrons. The fourth-order valence-electron chi connectivity index (χ4n) is 0.423. The Labute approximate surface area is 157 Å². The molecule has 0 aromatic heterocycles. The van der Waals surface area contributed by atoms with E-state index >= 15 is 0 Å². The van der Waals surface area contributed by atoms with Crippen LogP contribution in [-0.4, -0.2) is 34.7 Å². The first-order chi connectivity index (χ1) is 5.52. The van der Waals surface area contributed by atoms with Gasteiger partial charge in [-0.1, -0.05) is 0 Å². The Morgan fingerprint density at radius 3 is 1.73 bits per heavy atom. The molecule has 0 amide bonds. The van der Waals surface area contributed by atoms with E-state index < -0.39 is 24.5 Å². The van der Waals surface area contributed by atoms with E-state index in [9.17, 15) is 14.4 Å². The zero-order valence-electron chi connectivity index (χ0n) is 12.1. The van der Waals surface area contributed by atoms with Crippen LogP contribution in [0.2, 0.25) is 0 Å². The Morgan fingerprint density at radius 1 is 0.933 bits per heavy atom. The van der Waals surface area contributed by atoms with Gasteiger partial charge in [-0.05, 0) is 0 Å². The molecule has 0 fully saturated rings. The Morgan fingerprint density at radius 2 is 1.40 bits per heavy atom. The van der Waals surface area contributed by atoms with Gasteiger partial charge in [0.2, 0.25) is 0 Å². The number of esters is 1. The Balaban J connectivity index is -0.0000000403. The van der Waals surface area contributed by atoms with E-state index in [1.807, 2.05) is 0 Å². The Hall–Kier alpha value is 1.41. The number of carboxylic acids is 2. The first kappa shape index (κ1) is 25.3. The number of carbonyl (C=O) groups excluding carboxylic acids is 1. The third kappa shape index (κ3) is 21.3. The van der Waals surface area contributed by atoms with Crippen LogP contribution in [0.15, 0.2) is 0 Å². The summed E-state index contributed by atoms with van der Waals surface area (Å²) in [4.78, 5) is 30.3. The van der Waals surface area contributed by atoms with Crippen LogP contribution in [0.1, 0.15) is 17.1 Å². The van der Waals surface area contributed by atoms with Crippen molar-refractivity contribution >= 4 is 17.9 Å². The number of carboxylic acid groups (broad SMARTS) is 2. The molecule has 0 bridgehead atoms. The summed E-state index contributed by atoms with van der Waals surface area (Å²) in [6, 6.07) is 0. The van der Waals surface area contributed by atoms with E-state index in [1.54, 1.807) is 0 Å². The van der Waals surface area contributed by atoms with Crippen molar-refractivity contribution in [2.24, 2.45) is 0 Å². The van der Waals surface area contributed by atoms with Crippen molar-refractivity contribution in [1.29, 1.82) is 0 Å². The minimum Gasteiger partial charge on any atom is -1.00 e. The fourth-order valence-corrected chi connectivity index (χ4v) is 0.423. The SMILES string of the molecule is O=C(O)CCC(=O)OCC(=O)O.[H-].[H-].[H-].[Na+].[Na+].[Na+]. The average Bonchev–Trinajstić information content (AvgIpc) is 1.96. The van der Waals surface area contributed by atoms with Crippen LogP contribution < -0.4 is 88.7 Å². The van der Waals surface area contributed by atoms with Crippen LogP contribution in [0.3, 0.4) is 0 Å². The maximum Gasteiger partial charge on any atom is 1.00 e. The molecule has 0 saturated heterocycles. The van der Waals surface area contributed by atoms with Gasteiger partial charge in [-0.15, -0.1) is 0 Å². The molecule has 0 aromatic rings. The molecule has 0 spiro atoms. The monoisotopic (exact) mass is 248 g/mol. The van der Waals surface area contributed by atoms with Crippen LogP contribution in [0.4, 0.5) is 0 Å². The van der Waals surface area contributed by atoms with Crippen LogP contribution in [0.25, 0.3) is 0 Å². The molecule has 0 heterocycles. The van der Waals surface area contributed by atoms with E-state index in [2.05, 4.69) is 4.74 Å². The van der Waals surface area contributed by atoms with Gasteiger partial charge in [0.15, 0.2) is 6.61 Å². The molecule has 0 aliphatic heterocycles. The average molecular weight is 248 g/mol. The summed E-state index contributed by atoms with van der Waals surface area (Å²) in [6.07, 6.45) is -0.652. The summed E-state index contributed by atoms with van der Waals surface area (Å²) in [5.74, 6) is -3.21. The molecule has 6 nitrogen and oxygen atoms in total. The molecule has 15 heavy (non-hydrogen) atoms. The molecule has 0 aromatic carbocycles.